The van der Waals surface area contributed by atoms with E-state index in [2.05, 4.69) is 5.32 Å². The van der Waals surface area contributed by atoms with Crippen molar-refractivity contribution < 1.29 is 13.2 Å². The quantitative estimate of drug-likeness (QED) is 0.613. The molecular weight excluding hydrogens is 408 g/mol. The Hall–Kier alpha value is -2.83. The predicted octanol–water partition coefficient (Wildman–Crippen LogP) is 4.79. The van der Waals surface area contributed by atoms with Crippen LogP contribution in [0.15, 0.2) is 77.7 Å². The van der Waals surface area contributed by atoms with Gasteiger partial charge in [-0.1, -0.05) is 48.0 Å². The summed E-state index contributed by atoms with van der Waals surface area (Å²) in [7, 11) is -3.93. The summed E-state index contributed by atoms with van der Waals surface area (Å²) in [6.45, 7) is 3.36. The molecule has 0 radical (unpaired) electrons. The van der Waals surface area contributed by atoms with Gasteiger partial charge in [0.2, 0.25) is 5.91 Å². The molecule has 5 nitrogen and oxygen atoms in total. The van der Waals surface area contributed by atoms with Crippen LogP contribution < -0.4 is 9.62 Å². The lowest BCUT2D eigenvalue weighted by Crippen LogP contribution is -2.38. The van der Waals surface area contributed by atoms with Crippen LogP contribution in [0.1, 0.15) is 11.1 Å². The molecule has 3 rings (SSSR count). The third-order valence-electron chi connectivity index (χ3n) is 4.36. The maximum atomic E-state index is 13.3. The predicted molar refractivity (Wildman–Crippen MR) is 117 cm³/mol. The minimum Gasteiger partial charge on any atom is -0.324 e. The minimum absolute atomic E-state index is 0.118. The average Bonchev–Trinajstić information content (AvgIpc) is 2.69. The van der Waals surface area contributed by atoms with Crippen LogP contribution in [0.2, 0.25) is 5.02 Å². The fraction of sp³-hybridized carbons (Fsp3) is 0.136. The van der Waals surface area contributed by atoms with Crippen molar-refractivity contribution in [1.82, 2.24) is 0 Å². The summed E-state index contributed by atoms with van der Waals surface area (Å²) in [5.41, 5.74) is 2.71. The van der Waals surface area contributed by atoms with Crippen LogP contribution in [-0.4, -0.2) is 20.9 Å². The molecule has 150 valence electrons. The van der Waals surface area contributed by atoms with Gasteiger partial charge < -0.3 is 5.32 Å². The minimum atomic E-state index is -3.93. The van der Waals surface area contributed by atoms with Crippen LogP contribution in [-0.2, 0) is 14.8 Å². The topological polar surface area (TPSA) is 66.5 Å². The molecular formula is C22H21ClN2O3S. The van der Waals surface area contributed by atoms with Gasteiger partial charge >= 0.3 is 0 Å². The smallest absolute Gasteiger partial charge is 0.264 e. The number of halogens is 1. The van der Waals surface area contributed by atoms with Crippen LogP contribution in [0.5, 0.6) is 0 Å². The van der Waals surface area contributed by atoms with Gasteiger partial charge in [0.15, 0.2) is 0 Å². The zero-order chi connectivity index (χ0) is 21.0. The van der Waals surface area contributed by atoms with Gasteiger partial charge in [-0.15, -0.1) is 0 Å². The van der Waals surface area contributed by atoms with Gasteiger partial charge in [0.1, 0.15) is 6.54 Å². The van der Waals surface area contributed by atoms with Crippen LogP contribution in [0, 0.1) is 13.8 Å². The van der Waals surface area contributed by atoms with Gasteiger partial charge in [0.05, 0.1) is 10.6 Å². The van der Waals surface area contributed by atoms with Gasteiger partial charge in [-0.3, -0.25) is 9.10 Å². The standard InChI is InChI=1S/C22H21ClN2O3S/c1-16-7-6-8-19(13-16)25(29(27,28)20-9-4-3-5-10-20)15-22(26)24-18-12-11-17(2)21(23)14-18/h3-14H,15H2,1-2H3,(H,24,26). The maximum Gasteiger partial charge on any atom is 0.264 e. The number of benzene rings is 3. The third-order valence-corrected chi connectivity index (χ3v) is 6.56. The number of nitrogens with zero attached hydrogens (tertiary/aromatic N) is 1. The molecule has 29 heavy (non-hydrogen) atoms. The highest BCUT2D eigenvalue weighted by Gasteiger charge is 2.27. The van der Waals surface area contributed by atoms with Gasteiger partial charge in [-0.25, -0.2) is 8.42 Å². The molecule has 1 amide bonds. The monoisotopic (exact) mass is 428 g/mol. The van der Waals surface area contributed by atoms with Gasteiger partial charge in [0.25, 0.3) is 10.0 Å². The van der Waals surface area contributed by atoms with Crippen molar-refractivity contribution in [2.75, 3.05) is 16.2 Å². The Labute approximate surface area is 176 Å². The summed E-state index contributed by atoms with van der Waals surface area (Å²) in [6.07, 6.45) is 0. The van der Waals surface area contributed by atoms with Crippen LogP contribution in [0.3, 0.4) is 0 Å². The molecule has 0 fully saturated rings. The van der Waals surface area contributed by atoms with Crippen molar-refractivity contribution >= 4 is 38.9 Å². The molecule has 0 heterocycles. The Kier molecular flexibility index (Phi) is 6.25. The van der Waals surface area contributed by atoms with E-state index in [1.807, 2.05) is 19.9 Å². The molecule has 7 heteroatoms. The van der Waals surface area contributed by atoms with E-state index in [1.54, 1.807) is 54.6 Å². The fourth-order valence-corrected chi connectivity index (χ4v) is 4.43. The summed E-state index contributed by atoms with van der Waals surface area (Å²) < 4.78 is 27.6. The Morgan fingerprint density at radius 2 is 1.69 bits per heavy atom. The van der Waals surface area contributed by atoms with Crippen molar-refractivity contribution in [3.05, 3.63) is 88.9 Å². The summed E-state index contributed by atoms with van der Waals surface area (Å²) in [5, 5.41) is 3.24. The SMILES string of the molecule is Cc1cccc(N(CC(=O)Nc2ccc(C)c(Cl)c2)S(=O)(=O)c2ccccc2)c1. The number of carbonyl (C=O) groups excluding carboxylic acids is 1. The first kappa shape index (κ1) is 20.9. The van der Waals surface area contributed by atoms with E-state index >= 15 is 0 Å². The lowest BCUT2D eigenvalue weighted by Gasteiger charge is -2.24. The highest BCUT2D eigenvalue weighted by atomic mass is 35.5. The third kappa shape index (κ3) is 4.96. The highest BCUT2D eigenvalue weighted by Crippen LogP contribution is 2.25. The molecule has 3 aromatic rings. The maximum absolute atomic E-state index is 13.3. The first-order chi connectivity index (χ1) is 13.8. The van der Waals surface area contributed by atoms with Crippen LogP contribution >= 0.6 is 11.6 Å². The van der Waals surface area contributed by atoms with E-state index in [-0.39, 0.29) is 11.4 Å². The number of nitrogens with one attached hydrogen (secondary N) is 1. The van der Waals surface area contributed by atoms with E-state index in [0.717, 1.165) is 15.4 Å². The largest absolute Gasteiger partial charge is 0.324 e. The second kappa shape index (κ2) is 8.68. The molecule has 0 aromatic heterocycles. The van der Waals surface area contributed by atoms with Crippen molar-refractivity contribution in [2.45, 2.75) is 18.7 Å². The highest BCUT2D eigenvalue weighted by molar-refractivity contribution is 7.92. The van der Waals surface area contributed by atoms with Gasteiger partial charge in [0, 0.05) is 10.7 Å². The second-order valence-electron chi connectivity index (χ2n) is 6.68. The number of rotatable bonds is 6. The molecule has 0 unspecified atom stereocenters. The Morgan fingerprint density at radius 3 is 2.34 bits per heavy atom. The molecule has 0 aliphatic heterocycles. The molecule has 0 aliphatic carbocycles. The molecule has 0 aliphatic rings. The van der Waals surface area contributed by atoms with Gasteiger partial charge in [-0.2, -0.15) is 0 Å². The van der Waals surface area contributed by atoms with E-state index in [9.17, 15) is 13.2 Å². The summed E-state index contributed by atoms with van der Waals surface area (Å²) in [6, 6.07) is 20.2. The molecule has 0 saturated carbocycles. The summed E-state index contributed by atoms with van der Waals surface area (Å²) >= 11 is 6.11. The number of anilines is 2. The van der Waals surface area contributed by atoms with Crippen molar-refractivity contribution in [1.29, 1.82) is 0 Å². The molecule has 0 bridgehead atoms. The Bertz CT molecular complexity index is 1130. The van der Waals surface area contributed by atoms with Crippen LogP contribution in [0.4, 0.5) is 11.4 Å². The first-order valence-electron chi connectivity index (χ1n) is 8.98. The van der Waals surface area contributed by atoms with E-state index in [0.29, 0.717) is 16.4 Å². The second-order valence-corrected chi connectivity index (χ2v) is 8.95. The molecule has 3 aromatic carbocycles. The number of aryl methyl sites for hydroxylation is 2. The number of sulfonamides is 1. The normalized spacial score (nSPS) is 11.1. The van der Waals surface area contributed by atoms with Crippen LogP contribution in [0.25, 0.3) is 0 Å². The van der Waals surface area contributed by atoms with Gasteiger partial charge in [-0.05, 0) is 61.4 Å². The fourth-order valence-electron chi connectivity index (χ4n) is 2.82. The van der Waals surface area contributed by atoms with Crippen molar-refractivity contribution in [3.63, 3.8) is 0 Å². The molecule has 0 atom stereocenters. The average molecular weight is 429 g/mol. The number of hydrogen-bond acceptors (Lipinski definition) is 3. The van der Waals surface area contributed by atoms with E-state index in [1.165, 1.54) is 12.1 Å². The van der Waals surface area contributed by atoms with E-state index in [4.69, 9.17) is 11.6 Å². The number of carbonyl (C=O) groups is 1. The zero-order valence-corrected chi connectivity index (χ0v) is 17.7. The summed E-state index contributed by atoms with van der Waals surface area (Å²) in [5.74, 6) is -0.467. The molecule has 0 saturated heterocycles. The molecule has 0 spiro atoms. The lowest BCUT2D eigenvalue weighted by molar-refractivity contribution is -0.114. The molecule has 1 N–H and O–H groups in total. The number of hydrogen-bond donors (Lipinski definition) is 1. The lowest BCUT2D eigenvalue weighted by atomic mass is 10.2. The van der Waals surface area contributed by atoms with Crippen molar-refractivity contribution in [2.24, 2.45) is 0 Å². The Balaban J connectivity index is 1.93. The zero-order valence-electron chi connectivity index (χ0n) is 16.1. The van der Waals surface area contributed by atoms with Crippen molar-refractivity contribution in [3.8, 4) is 0 Å². The Morgan fingerprint density at radius 1 is 0.966 bits per heavy atom. The van der Waals surface area contributed by atoms with E-state index < -0.39 is 15.9 Å². The first-order valence-corrected chi connectivity index (χ1v) is 10.8. The summed E-state index contributed by atoms with van der Waals surface area (Å²) in [4.78, 5) is 12.8. The number of amides is 1.